The molecule has 1 fully saturated rings. The highest BCUT2D eigenvalue weighted by Crippen LogP contribution is 2.39. The van der Waals surface area contributed by atoms with Gasteiger partial charge in [0, 0.05) is 62.6 Å². The van der Waals surface area contributed by atoms with Crippen LogP contribution in [0.2, 0.25) is 0 Å². The molecule has 1 aliphatic rings. The Labute approximate surface area is 167 Å². The van der Waals surface area contributed by atoms with E-state index in [1.165, 1.54) is 11.3 Å². The van der Waals surface area contributed by atoms with Crippen LogP contribution in [0.4, 0.5) is 0 Å². The molecule has 28 heavy (non-hydrogen) atoms. The normalized spacial score (nSPS) is 16.9. The molecule has 0 spiro atoms. The lowest BCUT2D eigenvalue weighted by Gasteiger charge is -2.33. The molecule has 0 aliphatic carbocycles. The summed E-state index contributed by atoms with van der Waals surface area (Å²) in [5.74, 6) is 0.136. The summed E-state index contributed by atoms with van der Waals surface area (Å²) in [6.07, 6.45) is 6.90. The lowest BCUT2D eigenvalue weighted by Crippen LogP contribution is -2.39. The van der Waals surface area contributed by atoms with E-state index < -0.39 is 0 Å². The zero-order valence-corrected chi connectivity index (χ0v) is 16.8. The number of carbonyl (C=O) groups excluding carboxylic acids is 2. The van der Waals surface area contributed by atoms with Crippen molar-refractivity contribution in [3.05, 3.63) is 58.9 Å². The number of nitrogens with zero attached hydrogens (tertiary/aromatic N) is 4. The Bertz CT molecular complexity index is 1020. The highest BCUT2D eigenvalue weighted by atomic mass is 32.1. The SMILES string of the molecule is CN(C)C(=O)c1sc2ncccc2c1[C@H]1CCCN(C(=O)c2ccncc2)C1. The van der Waals surface area contributed by atoms with E-state index in [1.54, 1.807) is 49.7 Å². The molecule has 6 nitrogen and oxygen atoms in total. The van der Waals surface area contributed by atoms with Crippen molar-refractivity contribution in [2.75, 3.05) is 27.2 Å². The number of likely N-dealkylation sites (tertiary alicyclic amines) is 1. The van der Waals surface area contributed by atoms with Crippen LogP contribution in [-0.4, -0.2) is 58.8 Å². The van der Waals surface area contributed by atoms with Gasteiger partial charge in [-0.25, -0.2) is 4.98 Å². The smallest absolute Gasteiger partial charge is 0.263 e. The summed E-state index contributed by atoms with van der Waals surface area (Å²) in [6, 6.07) is 7.43. The van der Waals surface area contributed by atoms with Gasteiger partial charge in [0.05, 0.1) is 4.88 Å². The van der Waals surface area contributed by atoms with Gasteiger partial charge in [0.2, 0.25) is 0 Å². The number of hydrogen-bond acceptors (Lipinski definition) is 5. The molecule has 0 saturated carbocycles. The van der Waals surface area contributed by atoms with E-state index in [0.29, 0.717) is 12.1 Å². The minimum Gasteiger partial charge on any atom is -0.344 e. The van der Waals surface area contributed by atoms with Crippen LogP contribution in [0.15, 0.2) is 42.9 Å². The van der Waals surface area contributed by atoms with E-state index in [0.717, 1.165) is 40.0 Å². The van der Waals surface area contributed by atoms with E-state index in [4.69, 9.17) is 0 Å². The first-order chi connectivity index (χ1) is 13.6. The van der Waals surface area contributed by atoms with Crippen molar-refractivity contribution in [1.82, 2.24) is 19.8 Å². The number of rotatable bonds is 3. The summed E-state index contributed by atoms with van der Waals surface area (Å²) >= 11 is 1.45. The van der Waals surface area contributed by atoms with Gasteiger partial charge in [0.15, 0.2) is 0 Å². The molecular weight excluding hydrogens is 372 g/mol. The van der Waals surface area contributed by atoms with Gasteiger partial charge in [0.1, 0.15) is 4.83 Å². The number of aromatic nitrogens is 2. The second-order valence-corrected chi connectivity index (χ2v) is 8.23. The average molecular weight is 395 g/mol. The molecule has 1 aliphatic heterocycles. The minimum atomic E-state index is -0.00409. The van der Waals surface area contributed by atoms with E-state index in [-0.39, 0.29) is 17.7 Å². The van der Waals surface area contributed by atoms with E-state index >= 15 is 0 Å². The Balaban J connectivity index is 1.70. The molecule has 1 saturated heterocycles. The molecule has 0 radical (unpaired) electrons. The molecule has 4 heterocycles. The third-order valence-electron chi connectivity index (χ3n) is 5.15. The van der Waals surface area contributed by atoms with Crippen LogP contribution in [0.5, 0.6) is 0 Å². The maximum Gasteiger partial charge on any atom is 0.263 e. The lowest BCUT2D eigenvalue weighted by molar-refractivity contribution is 0.0707. The summed E-state index contributed by atoms with van der Waals surface area (Å²) < 4.78 is 0. The fourth-order valence-corrected chi connectivity index (χ4v) is 5.04. The van der Waals surface area contributed by atoms with Gasteiger partial charge in [0.25, 0.3) is 11.8 Å². The Morgan fingerprint density at radius 3 is 2.71 bits per heavy atom. The van der Waals surface area contributed by atoms with Crippen molar-refractivity contribution in [3.8, 4) is 0 Å². The number of piperidine rings is 1. The fraction of sp³-hybridized carbons (Fsp3) is 0.333. The van der Waals surface area contributed by atoms with Crippen molar-refractivity contribution in [2.24, 2.45) is 0 Å². The fourth-order valence-electron chi connectivity index (χ4n) is 3.79. The van der Waals surface area contributed by atoms with Crippen molar-refractivity contribution in [3.63, 3.8) is 0 Å². The zero-order chi connectivity index (χ0) is 19.7. The number of amides is 2. The minimum absolute atomic E-state index is 0.00409. The van der Waals surface area contributed by atoms with Crippen LogP contribution in [0.25, 0.3) is 10.2 Å². The second-order valence-electron chi connectivity index (χ2n) is 7.23. The summed E-state index contributed by atoms with van der Waals surface area (Å²) in [5.41, 5.74) is 1.69. The predicted molar refractivity (Wildman–Crippen MR) is 110 cm³/mol. The molecule has 0 bridgehead atoms. The highest BCUT2D eigenvalue weighted by molar-refractivity contribution is 7.20. The number of carbonyl (C=O) groups is 2. The standard InChI is InChI=1S/C21H22N4O2S/c1-24(2)21(27)18-17(16-6-3-9-23-19(16)28-18)15-5-4-12-25(13-15)20(26)14-7-10-22-11-8-14/h3,6-11,15H,4-5,12-13H2,1-2H3/t15-/m0/s1. The number of hydrogen-bond donors (Lipinski definition) is 0. The molecule has 1 atom stereocenters. The Morgan fingerprint density at radius 1 is 1.18 bits per heavy atom. The summed E-state index contributed by atoms with van der Waals surface area (Å²) in [6.45, 7) is 1.34. The number of pyridine rings is 2. The Hall–Kier alpha value is -2.80. The van der Waals surface area contributed by atoms with Crippen LogP contribution in [0.1, 0.15) is 44.4 Å². The largest absolute Gasteiger partial charge is 0.344 e. The monoisotopic (exact) mass is 394 g/mol. The molecule has 0 unspecified atom stereocenters. The first-order valence-corrected chi connectivity index (χ1v) is 10.2. The van der Waals surface area contributed by atoms with Gasteiger partial charge in [-0.1, -0.05) is 6.07 Å². The molecule has 7 heteroatoms. The summed E-state index contributed by atoms with van der Waals surface area (Å²) in [7, 11) is 3.54. The van der Waals surface area contributed by atoms with Crippen LogP contribution in [0, 0.1) is 0 Å². The molecule has 0 aromatic carbocycles. The predicted octanol–water partition coefficient (Wildman–Crippen LogP) is 3.41. The van der Waals surface area contributed by atoms with Gasteiger partial charge < -0.3 is 9.80 Å². The molecule has 3 aromatic rings. The number of thiophene rings is 1. The van der Waals surface area contributed by atoms with Gasteiger partial charge in [-0.05, 0) is 36.6 Å². The average Bonchev–Trinajstić information content (AvgIpc) is 3.12. The molecule has 0 N–H and O–H groups in total. The molecular formula is C21H22N4O2S. The van der Waals surface area contributed by atoms with Crippen molar-refractivity contribution in [2.45, 2.75) is 18.8 Å². The van der Waals surface area contributed by atoms with Crippen LogP contribution in [0.3, 0.4) is 0 Å². The maximum absolute atomic E-state index is 12.9. The number of fused-ring (bicyclic) bond motifs is 1. The summed E-state index contributed by atoms with van der Waals surface area (Å²) in [5, 5.41) is 1.03. The zero-order valence-electron chi connectivity index (χ0n) is 16.0. The van der Waals surface area contributed by atoms with Crippen LogP contribution in [-0.2, 0) is 0 Å². The lowest BCUT2D eigenvalue weighted by atomic mass is 9.88. The second kappa shape index (κ2) is 7.67. The molecule has 144 valence electrons. The summed E-state index contributed by atoms with van der Waals surface area (Å²) in [4.78, 5) is 39.3. The van der Waals surface area contributed by atoms with E-state index in [2.05, 4.69) is 9.97 Å². The van der Waals surface area contributed by atoms with Gasteiger partial charge >= 0.3 is 0 Å². The van der Waals surface area contributed by atoms with E-state index in [9.17, 15) is 9.59 Å². The first kappa shape index (κ1) is 18.6. The van der Waals surface area contributed by atoms with Crippen molar-refractivity contribution >= 4 is 33.4 Å². The van der Waals surface area contributed by atoms with Gasteiger partial charge in [-0.2, -0.15) is 0 Å². The van der Waals surface area contributed by atoms with Gasteiger partial charge in [-0.3, -0.25) is 14.6 Å². The molecule has 3 aromatic heterocycles. The molecule has 4 rings (SSSR count). The first-order valence-electron chi connectivity index (χ1n) is 9.34. The topological polar surface area (TPSA) is 66.4 Å². The van der Waals surface area contributed by atoms with Gasteiger partial charge in [-0.15, -0.1) is 11.3 Å². The highest BCUT2D eigenvalue weighted by Gasteiger charge is 2.31. The Morgan fingerprint density at radius 2 is 1.96 bits per heavy atom. The third kappa shape index (κ3) is 3.38. The van der Waals surface area contributed by atoms with Crippen LogP contribution >= 0.6 is 11.3 Å². The molecule has 2 amide bonds. The van der Waals surface area contributed by atoms with Crippen molar-refractivity contribution < 1.29 is 9.59 Å². The Kier molecular flexibility index (Phi) is 5.09. The van der Waals surface area contributed by atoms with Crippen molar-refractivity contribution in [1.29, 1.82) is 0 Å². The third-order valence-corrected chi connectivity index (χ3v) is 6.27. The van der Waals surface area contributed by atoms with E-state index in [1.807, 2.05) is 17.0 Å². The maximum atomic E-state index is 12.9. The quantitative estimate of drug-likeness (QED) is 0.683. The van der Waals surface area contributed by atoms with Crippen LogP contribution < -0.4 is 0 Å².